The first-order valence-electron chi connectivity index (χ1n) is 10.7. The highest BCUT2D eigenvalue weighted by Crippen LogP contribution is 2.32. The summed E-state index contributed by atoms with van der Waals surface area (Å²) in [6.45, 7) is 5.31. The van der Waals surface area contributed by atoms with Crippen molar-refractivity contribution in [2.45, 2.75) is 25.7 Å². The molecule has 0 amide bonds. The molecule has 2 aromatic carbocycles. The summed E-state index contributed by atoms with van der Waals surface area (Å²) in [6.07, 6.45) is 5.62. The standard InChI is InChI=1S/C25H23ClF2N4O/c1-2-20(33)12-16-10-17(13-18(27)11-16)24-22(28)15-29-25(31-24)30-19-6-7-21(26)23(14-19)32-8-4-3-5-9-32/h2,6-7,10-11,13-15H,1,3-5,8-9,12H2,(H,29,30,31). The van der Waals surface area contributed by atoms with Crippen molar-refractivity contribution in [1.29, 1.82) is 0 Å². The topological polar surface area (TPSA) is 58.1 Å². The number of anilines is 3. The van der Waals surface area contributed by atoms with Crippen LogP contribution in [-0.4, -0.2) is 28.8 Å². The average molecular weight is 469 g/mol. The number of piperidine rings is 1. The minimum absolute atomic E-state index is 0.0316. The average Bonchev–Trinajstić information content (AvgIpc) is 2.81. The van der Waals surface area contributed by atoms with Gasteiger partial charge in [-0.2, -0.15) is 0 Å². The summed E-state index contributed by atoms with van der Waals surface area (Å²) in [7, 11) is 0. The van der Waals surface area contributed by atoms with E-state index in [0.29, 0.717) is 16.3 Å². The van der Waals surface area contributed by atoms with E-state index in [0.717, 1.165) is 37.8 Å². The van der Waals surface area contributed by atoms with Crippen LogP contribution in [0, 0.1) is 11.6 Å². The van der Waals surface area contributed by atoms with E-state index in [1.807, 2.05) is 6.07 Å². The van der Waals surface area contributed by atoms with Crippen molar-refractivity contribution in [3.8, 4) is 11.3 Å². The molecule has 33 heavy (non-hydrogen) atoms. The molecule has 5 nitrogen and oxygen atoms in total. The Kier molecular flexibility index (Phi) is 6.99. The van der Waals surface area contributed by atoms with Gasteiger partial charge in [0.15, 0.2) is 11.6 Å². The van der Waals surface area contributed by atoms with Crippen molar-refractivity contribution >= 4 is 34.7 Å². The van der Waals surface area contributed by atoms with Crippen LogP contribution < -0.4 is 10.2 Å². The fourth-order valence-corrected chi connectivity index (χ4v) is 4.13. The Labute approximate surface area is 196 Å². The minimum Gasteiger partial charge on any atom is -0.370 e. The van der Waals surface area contributed by atoms with E-state index in [1.54, 1.807) is 12.1 Å². The van der Waals surface area contributed by atoms with Gasteiger partial charge in [0.1, 0.15) is 11.5 Å². The summed E-state index contributed by atoms with van der Waals surface area (Å²) in [5.74, 6) is -1.39. The molecule has 1 aromatic heterocycles. The lowest BCUT2D eigenvalue weighted by atomic mass is 10.0. The predicted molar refractivity (Wildman–Crippen MR) is 127 cm³/mol. The van der Waals surface area contributed by atoms with Gasteiger partial charge in [-0.05, 0) is 67.3 Å². The highest BCUT2D eigenvalue weighted by molar-refractivity contribution is 6.33. The van der Waals surface area contributed by atoms with Crippen LogP contribution in [-0.2, 0) is 11.2 Å². The molecule has 0 aliphatic carbocycles. The summed E-state index contributed by atoms with van der Waals surface area (Å²) >= 11 is 6.42. The van der Waals surface area contributed by atoms with Gasteiger partial charge in [0.2, 0.25) is 5.95 Å². The monoisotopic (exact) mass is 468 g/mol. The number of hydrogen-bond acceptors (Lipinski definition) is 5. The molecule has 1 fully saturated rings. The number of ketones is 1. The van der Waals surface area contributed by atoms with E-state index < -0.39 is 11.6 Å². The molecule has 170 valence electrons. The zero-order valence-corrected chi connectivity index (χ0v) is 18.7. The fraction of sp³-hybridized carbons (Fsp3) is 0.240. The number of hydrogen-bond donors (Lipinski definition) is 1. The maximum Gasteiger partial charge on any atom is 0.227 e. The molecule has 1 aliphatic heterocycles. The van der Waals surface area contributed by atoms with E-state index in [2.05, 4.69) is 26.8 Å². The van der Waals surface area contributed by atoms with Gasteiger partial charge in [-0.15, -0.1) is 0 Å². The van der Waals surface area contributed by atoms with Crippen LogP contribution in [0.3, 0.4) is 0 Å². The van der Waals surface area contributed by atoms with Gasteiger partial charge in [0.25, 0.3) is 0 Å². The van der Waals surface area contributed by atoms with Crippen molar-refractivity contribution < 1.29 is 13.6 Å². The Hall–Kier alpha value is -3.32. The molecule has 0 atom stereocenters. The van der Waals surface area contributed by atoms with E-state index in [-0.39, 0.29) is 29.4 Å². The lowest BCUT2D eigenvalue weighted by Gasteiger charge is -2.30. The summed E-state index contributed by atoms with van der Waals surface area (Å²) < 4.78 is 28.7. The Morgan fingerprint density at radius 2 is 1.94 bits per heavy atom. The lowest BCUT2D eigenvalue weighted by molar-refractivity contribution is -0.114. The van der Waals surface area contributed by atoms with Gasteiger partial charge in [-0.3, -0.25) is 4.79 Å². The third-order valence-electron chi connectivity index (χ3n) is 5.48. The molecular weight excluding hydrogens is 446 g/mol. The Morgan fingerprint density at radius 1 is 1.15 bits per heavy atom. The van der Waals surface area contributed by atoms with Crippen LogP contribution in [0.5, 0.6) is 0 Å². The molecule has 0 unspecified atom stereocenters. The molecule has 3 aromatic rings. The summed E-state index contributed by atoms with van der Waals surface area (Å²) in [5, 5.41) is 3.74. The Bertz CT molecular complexity index is 1200. The maximum atomic E-state index is 14.6. The first-order chi connectivity index (χ1) is 15.9. The molecule has 4 rings (SSSR count). The number of carbonyl (C=O) groups excluding carboxylic acids is 1. The summed E-state index contributed by atoms with van der Waals surface area (Å²) in [6, 6.07) is 9.46. The molecular formula is C25H23ClF2N4O. The highest BCUT2D eigenvalue weighted by Gasteiger charge is 2.16. The van der Waals surface area contributed by atoms with Gasteiger partial charge in [-0.25, -0.2) is 18.7 Å². The molecule has 1 saturated heterocycles. The first-order valence-corrected chi connectivity index (χ1v) is 11.1. The largest absolute Gasteiger partial charge is 0.370 e. The van der Waals surface area contributed by atoms with Gasteiger partial charge >= 0.3 is 0 Å². The lowest BCUT2D eigenvalue weighted by Crippen LogP contribution is -2.29. The van der Waals surface area contributed by atoms with E-state index in [9.17, 15) is 13.6 Å². The van der Waals surface area contributed by atoms with Crippen LogP contribution in [0.4, 0.5) is 26.1 Å². The number of nitrogens with one attached hydrogen (secondary N) is 1. The van der Waals surface area contributed by atoms with Crippen molar-refractivity contribution in [2.75, 3.05) is 23.3 Å². The quantitative estimate of drug-likeness (QED) is 0.424. The third-order valence-corrected chi connectivity index (χ3v) is 5.80. The Balaban J connectivity index is 1.62. The number of carbonyl (C=O) groups is 1. The highest BCUT2D eigenvalue weighted by atomic mass is 35.5. The SMILES string of the molecule is C=CC(=O)Cc1cc(F)cc(-c2nc(Nc3ccc(Cl)c(N4CCCCC4)c3)ncc2F)c1. The van der Waals surface area contributed by atoms with Gasteiger partial charge in [0, 0.05) is 30.8 Å². The van der Waals surface area contributed by atoms with Crippen LogP contribution in [0.1, 0.15) is 24.8 Å². The molecule has 1 N–H and O–H groups in total. The zero-order chi connectivity index (χ0) is 23.4. The van der Waals surface area contributed by atoms with E-state index in [1.165, 1.54) is 30.7 Å². The number of benzene rings is 2. The van der Waals surface area contributed by atoms with E-state index in [4.69, 9.17) is 11.6 Å². The second kappa shape index (κ2) is 10.1. The molecule has 0 bridgehead atoms. The molecule has 0 spiro atoms. The van der Waals surface area contributed by atoms with Crippen LogP contribution >= 0.6 is 11.6 Å². The molecule has 1 aliphatic rings. The van der Waals surface area contributed by atoms with Crippen LogP contribution in [0.25, 0.3) is 11.3 Å². The molecule has 8 heteroatoms. The van der Waals surface area contributed by atoms with Crippen molar-refractivity contribution in [3.63, 3.8) is 0 Å². The van der Waals surface area contributed by atoms with Crippen LogP contribution in [0.2, 0.25) is 5.02 Å². The predicted octanol–water partition coefficient (Wildman–Crippen LogP) is 6.11. The molecule has 0 saturated carbocycles. The zero-order valence-electron chi connectivity index (χ0n) is 18.0. The Morgan fingerprint density at radius 3 is 2.70 bits per heavy atom. The number of allylic oxidation sites excluding steroid dienone is 1. The van der Waals surface area contributed by atoms with E-state index >= 15 is 0 Å². The normalized spacial score (nSPS) is 13.6. The van der Waals surface area contributed by atoms with Crippen molar-refractivity contribution in [1.82, 2.24) is 9.97 Å². The van der Waals surface area contributed by atoms with Gasteiger partial charge in [0.05, 0.1) is 16.9 Å². The summed E-state index contributed by atoms with van der Waals surface area (Å²) in [5.41, 5.74) is 2.19. The third kappa shape index (κ3) is 5.54. The van der Waals surface area contributed by atoms with Crippen LogP contribution in [0.15, 0.2) is 55.3 Å². The first kappa shape index (κ1) is 22.9. The number of aromatic nitrogens is 2. The summed E-state index contributed by atoms with van der Waals surface area (Å²) in [4.78, 5) is 22.2. The number of rotatable bonds is 7. The number of halogens is 3. The smallest absolute Gasteiger partial charge is 0.227 e. The maximum absolute atomic E-state index is 14.6. The molecule has 2 heterocycles. The molecule has 0 radical (unpaired) electrons. The van der Waals surface area contributed by atoms with Crippen molar-refractivity contribution in [2.24, 2.45) is 0 Å². The second-order valence-electron chi connectivity index (χ2n) is 7.92. The van der Waals surface area contributed by atoms with Crippen molar-refractivity contribution in [3.05, 3.63) is 77.5 Å². The van der Waals surface area contributed by atoms with Gasteiger partial charge in [-0.1, -0.05) is 18.2 Å². The second-order valence-corrected chi connectivity index (χ2v) is 8.33. The number of nitrogens with zero attached hydrogens (tertiary/aromatic N) is 3. The van der Waals surface area contributed by atoms with Gasteiger partial charge < -0.3 is 10.2 Å². The fourth-order valence-electron chi connectivity index (χ4n) is 3.89. The minimum atomic E-state index is -0.697.